The number of alkyl halides is 3. The monoisotopic (exact) mass is 408 g/mol. The number of aromatic nitrogens is 2. The molecule has 0 saturated heterocycles. The molecule has 2 aromatic heterocycles. The number of nitrogens with zero attached hydrogens (tertiary/aromatic N) is 3. The van der Waals surface area contributed by atoms with Gasteiger partial charge in [-0.2, -0.15) is 13.2 Å². The number of halogens is 3. The number of pyridine rings is 1. The number of nitro groups is 1. The summed E-state index contributed by atoms with van der Waals surface area (Å²) in [7, 11) is 0. The van der Waals surface area contributed by atoms with Crippen LogP contribution in [-0.4, -0.2) is 27.0 Å². The van der Waals surface area contributed by atoms with E-state index in [0.29, 0.717) is 0 Å². The zero-order valence-electron chi connectivity index (χ0n) is 15.0. The van der Waals surface area contributed by atoms with Crippen LogP contribution in [0.25, 0.3) is 5.65 Å². The van der Waals surface area contributed by atoms with Gasteiger partial charge in [-0.3, -0.25) is 19.3 Å². The van der Waals surface area contributed by atoms with Gasteiger partial charge in [0.25, 0.3) is 0 Å². The second-order valence-corrected chi connectivity index (χ2v) is 6.15. The molecule has 2 heterocycles. The van der Waals surface area contributed by atoms with Gasteiger partial charge in [0, 0.05) is 6.20 Å². The first-order valence-corrected chi connectivity index (χ1v) is 8.40. The van der Waals surface area contributed by atoms with Crippen molar-refractivity contribution in [3.05, 3.63) is 74.7 Å². The average molecular weight is 408 g/mol. The average Bonchev–Trinajstić information content (AvgIpc) is 2.66. The first-order valence-electron chi connectivity index (χ1n) is 8.40. The molecule has 152 valence electrons. The standard InChI is InChI=1S/C18H15F3N4O4/c1-11(10-29-13-7-3-2-6-12(13)18(19,20)21)22-16-15(25(27)28)17(26)24-9-5-4-8-14(24)23-16/h2-9,11,22H,10H2,1H3. The first kappa shape index (κ1) is 20.1. The fourth-order valence-corrected chi connectivity index (χ4v) is 2.66. The van der Waals surface area contributed by atoms with Crippen molar-refractivity contribution in [3.8, 4) is 5.75 Å². The molecule has 0 fully saturated rings. The Balaban J connectivity index is 1.84. The van der Waals surface area contributed by atoms with Crippen molar-refractivity contribution < 1.29 is 22.8 Å². The van der Waals surface area contributed by atoms with Gasteiger partial charge in [0.1, 0.15) is 18.0 Å². The minimum atomic E-state index is -4.58. The van der Waals surface area contributed by atoms with E-state index in [4.69, 9.17) is 4.74 Å². The van der Waals surface area contributed by atoms with Gasteiger partial charge in [-0.25, -0.2) is 4.98 Å². The topological polar surface area (TPSA) is 98.8 Å². The molecule has 0 aliphatic heterocycles. The van der Waals surface area contributed by atoms with Gasteiger partial charge in [-0.15, -0.1) is 0 Å². The summed E-state index contributed by atoms with van der Waals surface area (Å²) in [6.07, 6.45) is -3.23. The van der Waals surface area contributed by atoms with E-state index in [0.717, 1.165) is 10.5 Å². The molecule has 0 bridgehead atoms. The van der Waals surface area contributed by atoms with Crippen molar-refractivity contribution in [3.63, 3.8) is 0 Å². The second-order valence-electron chi connectivity index (χ2n) is 6.15. The molecular formula is C18H15F3N4O4. The van der Waals surface area contributed by atoms with Gasteiger partial charge in [0.15, 0.2) is 0 Å². The molecule has 0 aliphatic carbocycles. The molecule has 1 aromatic carbocycles. The predicted molar refractivity (Wildman–Crippen MR) is 98.1 cm³/mol. The second kappa shape index (κ2) is 7.78. The highest BCUT2D eigenvalue weighted by molar-refractivity contribution is 5.60. The Bertz CT molecular complexity index is 1110. The largest absolute Gasteiger partial charge is 0.491 e. The molecule has 1 unspecified atom stereocenters. The fourth-order valence-electron chi connectivity index (χ4n) is 2.66. The smallest absolute Gasteiger partial charge is 0.419 e. The zero-order valence-corrected chi connectivity index (χ0v) is 15.0. The van der Waals surface area contributed by atoms with Gasteiger partial charge in [-0.05, 0) is 31.2 Å². The molecular weight excluding hydrogens is 393 g/mol. The van der Waals surface area contributed by atoms with Crippen LogP contribution in [0.3, 0.4) is 0 Å². The Labute approximate surface area is 161 Å². The summed E-state index contributed by atoms with van der Waals surface area (Å²) in [5, 5.41) is 14.0. The number of benzene rings is 1. The third-order valence-electron chi connectivity index (χ3n) is 3.96. The minimum Gasteiger partial charge on any atom is -0.491 e. The third kappa shape index (κ3) is 4.28. The van der Waals surface area contributed by atoms with E-state index in [1.165, 1.54) is 43.5 Å². The van der Waals surface area contributed by atoms with Crippen molar-refractivity contribution in [1.29, 1.82) is 0 Å². The number of nitrogens with one attached hydrogen (secondary N) is 1. The van der Waals surface area contributed by atoms with Crippen molar-refractivity contribution in [2.24, 2.45) is 0 Å². The van der Waals surface area contributed by atoms with Crippen LogP contribution in [0.4, 0.5) is 24.7 Å². The van der Waals surface area contributed by atoms with E-state index < -0.39 is 34.0 Å². The summed E-state index contributed by atoms with van der Waals surface area (Å²) in [6.45, 7) is 1.29. The maximum Gasteiger partial charge on any atom is 0.419 e. The summed E-state index contributed by atoms with van der Waals surface area (Å²) in [5.74, 6) is -0.652. The van der Waals surface area contributed by atoms with Crippen LogP contribution in [0.2, 0.25) is 0 Å². The Kier molecular flexibility index (Phi) is 5.39. The highest BCUT2D eigenvalue weighted by Gasteiger charge is 2.34. The quantitative estimate of drug-likeness (QED) is 0.495. The highest BCUT2D eigenvalue weighted by atomic mass is 19.4. The van der Waals surface area contributed by atoms with Crippen LogP contribution in [0.1, 0.15) is 12.5 Å². The number of fused-ring (bicyclic) bond motifs is 1. The van der Waals surface area contributed by atoms with E-state index in [-0.39, 0.29) is 23.8 Å². The number of hydrogen-bond acceptors (Lipinski definition) is 6. The lowest BCUT2D eigenvalue weighted by atomic mass is 10.2. The van der Waals surface area contributed by atoms with Crippen LogP contribution in [-0.2, 0) is 6.18 Å². The van der Waals surface area contributed by atoms with Crippen molar-refractivity contribution in [2.45, 2.75) is 19.1 Å². The van der Waals surface area contributed by atoms with Crippen molar-refractivity contribution in [2.75, 3.05) is 11.9 Å². The van der Waals surface area contributed by atoms with Crippen LogP contribution in [0.15, 0.2) is 53.5 Å². The molecule has 3 aromatic rings. The van der Waals surface area contributed by atoms with Gasteiger partial charge < -0.3 is 10.1 Å². The van der Waals surface area contributed by atoms with E-state index in [2.05, 4.69) is 10.3 Å². The minimum absolute atomic E-state index is 0.182. The summed E-state index contributed by atoms with van der Waals surface area (Å²) in [4.78, 5) is 27.0. The molecule has 3 rings (SSSR count). The Hall–Kier alpha value is -3.63. The van der Waals surface area contributed by atoms with Gasteiger partial charge in [0.2, 0.25) is 5.82 Å². The van der Waals surface area contributed by atoms with Crippen LogP contribution < -0.4 is 15.6 Å². The highest BCUT2D eigenvalue weighted by Crippen LogP contribution is 2.36. The van der Waals surface area contributed by atoms with E-state index in [9.17, 15) is 28.1 Å². The third-order valence-corrected chi connectivity index (χ3v) is 3.96. The van der Waals surface area contributed by atoms with Gasteiger partial charge >= 0.3 is 17.4 Å². The lowest BCUT2D eigenvalue weighted by Gasteiger charge is -2.18. The van der Waals surface area contributed by atoms with Crippen molar-refractivity contribution in [1.82, 2.24) is 9.38 Å². The predicted octanol–water partition coefficient (Wildman–Crippen LogP) is 3.50. The molecule has 0 spiro atoms. The molecule has 0 saturated carbocycles. The summed E-state index contributed by atoms with van der Waals surface area (Å²) < 4.78 is 45.4. The molecule has 8 nitrogen and oxygen atoms in total. The van der Waals surface area contributed by atoms with Crippen LogP contribution in [0.5, 0.6) is 5.75 Å². The maximum atomic E-state index is 13.0. The number of anilines is 1. The van der Waals surface area contributed by atoms with E-state index >= 15 is 0 Å². The lowest BCUT2D eigenvalue weighted by Crippen LogP contribution is -2.28. The van der Waals surface area contributed by atoms with Gasteiger partial charge in [0.05, 0.1) is 16.5 Å². The Morgan fingerprint density at radius 2 is 1.93 bits per heavy atom. The molecule has 11 heteroatoms. The zero-order chi connectivity index (χ0) is 21.2. The number of rotatable bonds is 6. The number of hydrogen-bond donors (Lipinski definition) is 1. The normalized spacial score (nSPS) is 12.6. The summed E-state index contributed by atoms with van der Waals surface area (Å²) >= 11 is 0. The molecule has 1 N–H and O–H groups in total. The van der Waals surface area contributed by atoms with E-state index in [1.807, 2.05) is 0 Å². The number of para-hydroxylation sites is 1. The molecule has 0 radical (unpaired) electrons. The number of ether oxygens (including phenoxy) is 1. The summed E-state index contributed by atoms with van der Waals surface area (Å²) in [6, 6.07) is 8.67. The van der Waals surface area contributed by atoms with Crippen LogP contribution >= 0.6 is 0 Å². The van der Waals surface area contributed by atoms with Gasteiger partial charge in [-0.1, -0.05) is 18.2 Å². The lowest BCUT2D eigenvalue weighted by molar-refractivity contribution is -0.385. The SMILES string of the molecule is CC(COc1ccccc1C(F)(F)F)Nc1nc2ccccn2c(=O)c1[N+](=O)[O-]. The van der Waals surface area contributed by atoms with E-state index in [1.54, 1.807) is 6.07 Å². The molecule has 0 amide bonds. The molecule has 29 heavy (non-hydrogen) atoms. The molecule has 0 aliphatic rings. The first-order chi connectivity index (χ1) is 13.7. The van der Waals surface area contributed by atoms with Crippen molar-refractivity contribution >= 4 is 17.2 Å². The van der Waals surface area contributed by atoms with Crippen LogP contribution in [0, 0.1) is 10.1 Å². The fraction of sp³-hybridized carbons (Fsp3) is 0.222. The Morgan fingerprint density at radius 1 is 1.24 bits per heavy atom. The Morgan fingerprint density at radius 3 is 2.62 bits per heavy atom. The molecule has 1 atom stereocenters. The maximum absolute atomic E-state index is 13.0. The summed E-state index contributed by atoms with van der Waals surface area (Å²) in [5.41, 5.74) is -2.39.